The Morgan fingerprint density at radius 3 is 2.42 bits per heavy atom. The summed E-state index contributed by atoms with van der Waals surface area (Å²) in [6.45, 7) is 3.51. The molecule has 0 radical (unpaired) electrons. The molecule has 5 nitrogen and oxygen atoms in total. The third-order valence-electron chi connectivity index (χ3n) is 6.14. The van der Waals surface area contributed by atoms with E-state index in [0.29, 0.717) is 28.6 Å². The highest BCUT2D eigenvalue weighted by molar-refractivity contribution is 5.58. The Bertz CT molecular complexity index is 1200. The van der Waals surface area contributed by atoms with Crippen LogP contribution in [0.2, 0.25) is 0 Å². The third-order valence-corrected chi connectivity index (χ3v) is 6.14. The minimum atomic E-state index is -4.48. The van der Waals surface area contributed by atoms with Gasteiger partial charge in [0.2, 0.25) is 12.6 Å². The summed E-state index contributed by atoms with van der Waals surface area (Å²) in [6, 6.07) is 15.3. The molecule has 1 N–H and O–H groups in total. The van der Waals surface area contributed by atoms with Crippen molar-refractivity contribution in [1.29, 1.82) is 0 Å². The predicted molar refractivity (Wildman–Crippen MR) is 113 cm³/mol. The zero-order valence-corrected chi connectivity index (χ0v) is 17.8. The number of rotatable bonds is 3. The van der Waals surface area contributed by atoms with Crippen LogP contribution < -0.4 is 18.9 Å². The van der Waals surface area contributed by atoms with E-state index in [-0.39, 0.29) is 18.5 Å². The topological polar surface area (TPSA) is 57.2 Å². The van der Waals surface area contributed by atoms with Crippen LogP contribution in [0.25, 0.3) is 0 Å². The highest BCUT2D eigenvalue weighted by Crippen LogP contribution is 2.53. The summed E-state index contributed by atoms with van der Waals surface area (Å²) >= 11 is 0. The van der Waals surface area contributed by atoms with Crippen LogP contribution in [0.4, 0.5) is 13.2 Å². The van der Waals surface area contributed by atoms with Gasteiger partial charge in [-0.3, -0.25) is 0 Å². The van der Waals surface area contributed by atoms with Crippen LogP contribution in [0, 0.1) is 5.92 Å². The van der Waals surface area contributed by atoms with Gasteiger partial charge in [0.25, 0.3) is 0 Å². The molecule has 33 heavy (non-hydrogen) atoms. The second kappa shape index (κ2) is 7.59. The molecule has 0 bridgehead atoms. The van der Waals surface area contributed by atoms with E-state index in [1.165, 1.54) is 12.1 Å². The Morgan fingerprint density at radius 1 is 0.939 bits per heavy atom. The first-order valence-corrected chi connectivity index (χ1v) is 10.4. The van der Waals surface area contributed by atoms with Crippen LogP contribution in [0.3, 0.4) is 0 Å². The number of fused-ring (bicyclic) bond motifs is 2. The molecule has 0 amide bonds. The summed E-state index contributed by atoms with van der Waals surface area (Å²) in [7, 11) is 0. The van der Waals surface area contributed by atoms with E-state index in [4.69, 9.17) is 18.9 Å². The molecular formula is C25H21F3O5. The molecule has 5 rings (SSSR count). The van der Waals surface area contributed by atoms with E-state index in [1.807, 2.05) is 25.1 Å². The Morgan fingerprint density at radius 2 is 1.67 bits per heavy atom. The highest BCUT2D eigenvalue weighted by atomic mass is 19.4. The Kier molecular flexibility index (Phi) is 4.93. The average molecular weight is 458 g/mol. The lowest BCUT2D eigenvalue weighted by molar-refractivity contribution is -0.171. The van der Waals surface area contributed by atoms with Crippen molar-refractivity contribution < 1.29 is 37.2 Å². The molecule has 3 atom stereocenters. The number of ether oxygens (including phenoxy) is 4. The van der Waals surface area contributed by atoms with E-state index in [9.17, 15) is 18.3 Å². The number of hydrogen-bond acceptors (Lipinski definition) is 5. The SMILES string of the molecule is CC1C(c2ccccc2Oc2cccc(C(F)(F)F)c2)c2cc3c(cc2OC1(C)O)OCO3. The average Bonchev–Trinajstić information content (AvgIpc) is 3.21. The number of hydrogen-bond donors (Lipinski definition) is 1. The summed E-state index contributed by atoms with van der Waals surface area (Å²) in [5.41, 5.74) is 0.669. The maximum atomic E-state index is 13.2. The van der Waals surface area contributed by atoms with E-state index in [2.05, 4.69) is 0 Å². The molecule has 0 aromatic heterocycles. The van der Waals surface area contributed by atoms with Crippen molar-refractivity contribution in [3.8, 4) is 28.7 Å². The lowest BCUT2D eigenvalue weighted by Crippen LogP contribution is -2.45. The Balaban J connectivity index is 1.60. The Hall–Kier alpha value is -3.39. The second-order valence-corrected chi connectivity index (χ2v) is 8.33. The van der Waals surface area contributed by atoms with Crippen molar-refractivity contribution in [2.75, 3.05) is 6.79 Å². The van der Waals surface area contributed by atoms with Gasteiger partial charge in [0.1, 0.15) is 17.2 Å². The van der Waals surface area contributed by atoms with Gasteiger partial charge in [0, 0.05) is 36.0 Å². The minimum Gasteiger partial charge on any atom is -0.462 e. The first-order chi connectivity index (χ1) is 15.6. The molecule has 0 saturated heterocycles. The second-order valence-electron chi connectivity index (χ2n) is 8.33. The van der Waals surface area contributed by atoms with Gasteiger partial charge in [-0.25, -0.2) is 0 Å². The summed E-state index contributed by atoms with van der Waals surface area (Å²) in [4.78, 5) is 0. The van der Waals surface area contributed by atoms with Crippen molar-refractivity contribution >= 4 is 0 Å². The lowest BCUT2D eigenvalue weighted by atomic mass is 9.75. The van der Waals surface area contributed by atoms with Crippen molar-refractivity contribution in [2.45, 2.75) is 31.7 Å². The maximum Gasteiger partial charge on any atom is 0.416 e. The number of halogens is 3. The maximum absolute atomic E-state index is 13.2. The van der Waals surface area contributed by atoms with Gasteiger partial charge in [-0.15, -0.1) is 0 Å². The summed E-state index contributed by atoms with van der Waals surface area (Å²) in [6.07, 6.45) is -4.48. The third kappa shape index (κ3) is 3.84. The van der Waals surface area contributed by atoms with Crippen LogP contribution >= 0.6 is 0 Å². The van der Waals surface area contributed by atoms with Gasteiger partial charge in [0.15, 0.2) is 11.5 Å². The number of aliphatic hydroxyl groups is 1. The van der Waals surface area contributed by atoms with Crippen LogP contribution in [-0.4, -0.2) is 17.7 Å². The van der Waals surface area contributed by atoms with Crippen LogP contribution in [0.1, 0.15) is 36.5 Å². The van der Waals surface area contributed by atoms with Crippen molar-refractivity contribution in [1.82, 2.24) is 0 Å². The molecule has 0 fully saturated rings. The fourth-order valence-electron chi connectivity index (χ4n) is 4.29. The Labute approximate surface area is 188 Å². The summed E-state index contributed by atoms with van der Waals surface area (Å²) in [5.74, 6) is -0.337. The highest BCUT2D eigenvalue weighted by Gasteiger charge is 2.45. The largest absolute Gasteiger partial charge is 0.462 e. The molecule has 3 aromatic carbocycles. The molecular weight excluding hydrogens is 437 g/mol. The van der Waals surface area contributed by atoms with Gasteiger partial charge >= 0.3 is 6.18 Å². The van der Waals surface area contributed by atoms with Gasteiger partial charge in [0.05, 0.1) is 5.56 Å². The molecule has 0 saturated carbocycles. The van der Waals surface area contributed by atoms with Crippen LogP contribution in [0.15, 0.2) is 60.7 Å². The predicted octanol–water partition coefficient (Wildman–Crippen LogP) is 6.10. The minimum absolute atomic E-state index is 0.0645. The molecule has 2 aliphatic rings. The summed E-state index contributed by atoms with van der Waals surface area (Å²) < 4.78 is 62.3. The standard InChI is InChI=1S/C25H21F3O5/c1-14-23(18-11-21-22(31-13-30-21)12-20(18)33-24(14,2)29)17-8-3-4-9-19(17)32-16-7-5-6-15(10-16)25(26,27)28/h3-12,14,23,29H,13H2,1-2H3. The summed E-state index contributed by atoms with van der Waals surface area (Å²) in [5, 5.41) is 11.0. The molecule has 8 heteroatoms. The zero-order valence-electron chi connectivity index (χ0n) is 17.8. The van der Waals surface area contributed by atoms with Gasteiger partial charge in [-0.2, -0.15) is 13.2 Å². The van der Waals surface area contributed by atoms with Crippen molar-refractivity contribution in [2.24, 2.45) is 5.92 Å². The molecule has 172 valence electrons. The van der Waals surface area contributed by atoms with Crippen molar-refractivity contribution in [3.05, 3.63) is 77.4 Å². The molecule has 0 aliphatic carbocycles. The van der Waals surface area contributed by atoms with E-state index >= 15 is 0 Å². The molecule has 3 unspecified atom stereocenters. The molecule has 3 aromatic rings. The van der Waals surface area contributed by atoms with E-state index < -0.39 is 23.4 Å². The van der Waals surface area contributed by atoms with E-state index in [1.54, 1.807) is 25.1 Å². The quantitative estimate of drug-likeness (QED) is 0.514. The first kappa shape index (κ1) is 21.5. The van der Waals surface area contributed by atoms with Crippen LogP contribution in [0.5, 0.6) is 28.7 Å². The monoisotopic (exact) mass is 458 g/mol. The molecule has 2 aliphatic heterocycles. The van der Waals surface area contributed by atoms with Crippen LogP contribution in [-0.2, 0) is 6.18 Å². The normalized spacial score (nSPS) is 23.6. The molecule has 2 heterocycles. The van der Waals surface area contributed by atoms with Gasteiger partial charge < -0.3 is 24.1 Å². The first-order valence-electron chi connectivity index (χ1n) is 10.4. The fraction of sp³-hybridized carbons (Fsp3) is 0.280. The lowest BCUT2D eigenvalue weighted by Gasteiger charge is -2.42. The molecule has 0 spiro atoms. The van der Waals surface area contributed by atoms with E-state index in [0.717, 1.165) is 17.7 Å². The number of alkyl halides is 3. The van der Waals surface area contributed by atoms with Gasteiger partial charge in [-0.05, 0) is 30.3 Å². The van der Waals surface area contributed by atoms with Gasteiger partial charge in [-0.1, -0.05) is 31.2 Å². The zero-order chi connectivity index (χ0) is 23.4. The smallest absolute Gasteiger partial charge is 0.416 e. The van der Waals surface area contributed by atoms with Crippen molar-refractivity contribution in [3.63, 3.8) is 0 Å². The number of para-hydroxylation sites is 1. The fourth-order valence-corrected chi connectivity index (χ4v) is 4.29. The number of benzene rings is 3.